The predicted molar refractivity (Wildman–Crippen MR) is 58.9 cm³/mol. The average Bonchev–Trinajstić information content (AvgIpc) is 2.19. The molecule has 0 aliphatic carbocycles. The molecule has 0 amide bonds. The van der Waals surface area contributed by atoms with Gasteiger partial charge in [0, 0.05) is 5.56 Å². The molecule has 0 fully saturated rings. The van der Waals surface area contributed by atoms with Crippen LogP contribution >= 0.6 is 11.6 Å². The van der Waals surface area contributed by atoms with Crippen LogP contribution in [0.15, 0.2) is 24.3 Å². The van der Waals surface area contributed by atoms with Gasteiger partial charge in [-0.2, -0.15) is 0 Å². The average molecular weight is 215 g/mol. The Morgan fingerprint density at radius 2 is 1.64 bits per heavy atom. The van der Waals surface area contributed by atoms with Gasteiger partial charge in [-0.25, -0.2) is 0 Å². The summed E-state index contributed by atoms with van der Waals surface area (Å²) in [7, 11) is 0. The molecule has 3 heteroatoms. The smallest absolute Gasteiger partial charge is 0.252 e. The summed E-state index contributed by atoms with van der Waals surface area (Å²) in [6.07, 6.45) is 2.64. The van der Waals surface area contributed by atoms with E-state index in [2.05, 4.69) is 13.8 Å². The Hall–Kier alpha value is -1.02. The van der Waals surface area contributed by atoms with Crippen LogP contribution < -0.4 is 0 Å². The highest BCUT2D eigenvalue weighted by Crippen LogP contribution is 2.10. The number of hydrogen-bond donors (Lipinski definition) is 1. The fourth-order valence-corrected chi connectivity index (χ4v) is 0.718. The zero-order valence-corrected chi connectivity index (χ0v) is 9.21. The second-order valence-corrected chi connectivity index (χ2v) is 3.16. The molecule has 78 valence electrons. The van der Waals surface area contributed by atoms with Crippen LogP contribution in [0.2, 0.25) is 0 Å². The fourth-order valence-electron chi connectivity index (χ4n) is 0.592. The molecule has 0 saturated carbocycles. The second kappa shape index (κ2) is 7.39. The van der Waals surface area contributed by atoms with Crippen molar-refractivity contribution in [2.75, 3.05) is 0 Å². The van der Waals surface area contributed by atoms with Crippen LogP contribution in [0.5, 0.6) is 5.75 Å². The van der Waals surface area contributed by atoms with E-state index in [4.69, 9.17) is 16.7 Å². The predicted octanol–water partition coefficient (Wildman–Crippen LogP) is 3.58. The number of hydrogen-bond acceptors (Lipinski definition) is 2. The maximum absolute atomic E-state index is 10.4. The van der Waals surface area contributed by atoms with E-state index in [9.17, 15) is 4.79 Å². The van der Waals surface area contributed by atoms with Crippen molar-refractivity contribution in [2.24, 2.45) is 0 Å². The van der Waals surface area contributed by atoms with Crippen LogP contribution in [0.4, 0.5) is 0 Å². The molecular weight excluding hydrogens is 200 g/mol. The van der Waals surface area contributed by atoms with Gasteiger partial charge in [0.1, 0.15) is 5.75 Å². The van der Waals surface area contributed by atoms with E-state index in [0.29, 0.717) is 5.56 Å². The standard InChI is InChI=1S/C7H5ClO2.C4H10/c8-7(10)5-1-3-6(9)4-2-5;1-3-4-2/h1-4,9H;3-4H2,1-2H3. The topological polar surface area (TPSA) is 37.3 Å². The minimum absolute atomic E-state index is 0.127. The van der Waals surface area contributed by atoms with Crippen LogP contribution in [0.25, 0.3) is 0 Å². The zero-order chi connectivity index (χ0) is 11.0. The number of rotatable bonds is 2. The first kappa shape index (κ1) is 13.0. The Morgan fingerprint density at radius 3 is 1.93 bits per heavy atom. The van der Waals surface area contributed by atoms with Gasteiger partial charge in [-0.15, -0.1) is 0 Å². The minimum atomic E-state index is -0.514. The van der Waals surface area contributed by atoms with E-state index >= 15 is 0 Å². The molecule has 1 rings (SSSR count). The summed E-state index contributed by atoms with van der Waals surface area (Å²) in [6.45, 7) is 4.36. The van der Waals surface area contributed by atoms with Crippen molar-refractivity contribution in [1.29, 1.82) is 0 Å². The van der Waals surface area contributed by atoms with Gasteiger partial charge in [0.05, 0.1) is 0 Å². The Bertz CT molecular complexity index is 265. The molecule has 0 spiro atoms. The van der Waals surface area contributed by atoms with Crippen molar-refractivity contribution >= 4 is 16.8 Å². The van der Waals surface area contributed by atoms with Gasteiger partial charge in [-0.05, 0) is 35.9 Å². The number of phenolic OH excluding ortho intramolecular Hbond substituents is 1. The van der Waals surface area contributed by atoms with E-state index < -0.39 is 5.24 Å². The third kappa shape index (κ3) is 5.60. The molecule has 0 saturated heterocycles. The lowest BCUT2D eigenvalue weighted by Gasteiger charge is -1.91. The molecule has 0 heterocycles. The van der Waals surface area contributed by atoms with Crippen molar-refractivity contribution in [1.82, 2.24) is 0 Å². The Labute approximate surface area is 89.5 Å². The minimum Gasteiger partial charge on any atom is -0.508 e. The van der Waals surface area contributed by atoms with Gasteiger partial charge in [0.2, 0.25) is 0 Å². The van der Waals surface area contributed by atoms with Gasteiger partial charge in [-0.3, -0.25) is 4.79 Å². The second-order valence-electron chi connectivity index (χ2n) is 2.82. The highest BCUT2D eigenvalue weighted by atomic mass is 35.5. The normalized spacial score (nSPS) is 8.79. The first-order valence-corrected chi connectivity index (χ1v) is 4.98. The van der Waals surface area contributed by atoms with Crippen molar-refractivity contribution in [3.63, 3.8) is 0 Å². The zero-order valence-electron chi connectivity index (χ0n) is 8.46. The lowest BCUT2D eigenvalue weighted by Crippen LogP contribution is -1.85. The van der Waals surface area contributed by atoms with Gasteiger partial charge < -0.3 is 5.11 Å². The van der Waals surface area contributed by atoms with Crippen LogP contribution in [0.3, 0.4) is 0 Å². The molecule has 0 bridgehead atoms. The summed E-state index contributed by atoms with van der Waals surface area (Å²) in [4.78, 5) is 10.4. The number of unbranched alkanes of at least 4 members (excludes halogenated alkanes) is 1. The monoisotopic (exact) mass is 214 g/mol. The van der Waals surface area contributed by atoms with Crippen molar-refractivity contribution in [3.05, 3.63) is 29.8 Å². The van der Waals surface area contributed by atoms with E-state index in [-0.39, 0.29) is 5.75 Å². The first-order chi connectivity index (χ1) is 6.61. The van der Waals surface area contributed by atoms with Crippen molar-refractivity contribution in [2.45, 2.75) is 26.7 Å². The fraction of sp³-hybridized carbons (Fsp3) is 0.364. The number of carbonyl (C=O) groups is 1. The molecule has 0 aliphatic rings. The van der Waals surface area contributed by atoms with Crippen LogP contribution in [0.1, 0.15) is 37.0 Å². The van der Waals surface area contributed by atoms with Crippen LogP contribution in [-0.2, 0) is 0 Å². The lowest BCUT2D eigenvalue weighted by atomic mass is 10.2. The van der Waals surface area contributed by atoms with Crippen molar-refractivity contribution < 1.29 is 9.90 Å². The lowest BCUT2D eigenvalue weighted by molar-refractivity contribution is 0.108. The summed E-state index contributed by atoms with van der Waals surface area (Å²) < 4.78 is 0. The Morgan fingerprint density at radius 1 is 1.21 bits per heavy atom. The van der Waals surface area contributed by atoms with E-state index in [1.807, 2.05) is 0 Å². The van der Waals surface area contributed by atoms with Gasteiger partial charge in [0.25, 0.3) is 5.24 Å². The number of benzene rings is 1. The van der Waals surface area contributed by atoms with E-state index in [1.165, 1.54) is 37.1 Å². The van der Waals surface area contributed by atoms with E-state index in [0.717, 1.165) is 0 Å². The summed E-state index contributed by atoms with van der Waals surface area (Å²) in [5.74, 6) is 0.127. The van der Waals surface area contributed by atoms with Crippen LogP contribution in [-0.4, -0.2) is 10.3 Å². The summed E-state index contributed by atoms with van der Waals surface area (Å²) in [5, 5.41) is 8.27. The molecule has 0 unspecified atom stereocenters. The number of phenols is 1. The summed E-state index contributed by atoms with van der Waals surface area (Å²) in [5.41, 5.74) is 0.388. The molecule has 0 radical (unpaired) electrons. The SMILES string of the molecule is CCCC.O=C(Cl)c1ccc(O)cc1. The maximum atomic E-state index is 10.4. The maximum Gasteiger partial charge on any atom is 0.252 e. The highest BCUT2D eigenvalue weighted by molar-refractivity contribution is 6.67. The molecule has 2 nitrogen and oxygen atoms in total. The summed E-state index contributed by atoms with van der Waals surface area (Å²) >= 11 is 5.13. The summed E-state index contributed by atoms with van der Waals surface area (Å²) in [6, 6.07) is 5.75. The Kier molecular flexibility index (Phi) is 6.85. The molecule has 14 heavy (non-hydrogen) atoms. The first-order valence-electron chi connectivity index (χ1n) is 4.60. The molecule has 1 aromatic carbocycles. The molecule has 0 atom stereocenters. The number of halogens is 1. The number of carbonyl (C=O) groups excluding carboxylic acids is 1. The molecule has 1 N–H and O–H groups in total. The largest absolute Gasteiger partial charge is 0.508 e. The molecule has 1 aromatic rings. The number of aromatic hydroxyl groups is 1. The molecule has 0 aromatic heterocycles. The molecular formula is C11H15ClO2. The van der Waals surface area contributed by atoms with Gasteiger partial charge >= 0.3 is 0 Å². The van der Waals surface area contributed by atoms with E-state index in [1.54, 1.807) is 0 Å². The Balaban J connectivity index is 0.000000364. The molecule has 0 aliphatic heterocycles. The highest BCUT2D eigenvalue weighted by Gasteiger charge is 1.98. The van der Waals surface area contributed by atoms with Gasteiger partial charge in [-0.1, -0.05) is 26.7 Å². The van der Waals surface area contributed by atoms with Crippen LogP contribution in [0, 0.1) is 0 Å². The quantitative estimate of drug-likeness (QED) is 0.765. The van der Waals surface area contributed by atoms with Crippen molar-refractivity contribution in [3.8, 4) is 5.75 Å². The van der Waals surface area contributed by atoms with Gasteiger partial charge in [0.15, 0.2) is 0 Å². The third-order valence-corrected chi connectivity index (χ3v) is 1.81. The third-order valence-electron chi connectivity index (χ3n) is 1.59.